The van der Waals surface area contributed by atoms with Crippen LogP contribution in [-0.2, 0) is 4.79 Å². The van der Waals surface area contributed by atoms with Crippen molar-refractivity contribution in [2.24, 2.45) is 0 Å². The van der Waals surface area contributed by atoms with Gasteiger partial charge in [-0.2, -0.15) is 0 Å². The number of carbonyl (C=O) groups excluding carboxylic acids is 1. The number of nitrogens with one attached hydrogen (secondary N) is 1. The second-order valence-electron chi connectivity index (χ2n) is 5.17. The standard InChI is InChI=1S/C17H15ClN2O2S/c1-10-7-8-13-15(9-10)23-17(19-13)20-16(21)11(2)22-14-6-4-3-5-12(14)18/h3-9,11H,1-2H3,(H,19,20,21)/t11-/m0/s1. The summed E-state index contributed by atoms with van der Waals surface area (Å²) in [5, 5.41) is 3.83. The molecule has 1 amide bonds. The Balaban J connectivity index is 1.71. The molecule has 0 radical (unpaired) electrons. The maximum absolute atomic E-state index is 12.3. The summed E-state index contributed by atoms with van der Waals surface area (Å²) in [5.41, 5.74) is 2.03. The third-order valence-corrected chi connectivity index (χ3v) is 4.53. The minimum Gasteiger partial charge on any atom is -0.479 e. The smallest absolute Gasteiger partial charge is 0.266 e. The van der Waals surface area contributed by atoms with Crippen LogP contribution >= 0.6 is 22.9 Å². The highest BCUT2D eigenvalue weighted by Gasteiger charge is 2.17. The van der Waals surface area contributed by atoms with Gasteiger partial charge in [0.1, 0.15) is 5.75 Å². The van der Waals surface area contributed by atoms with Crippen molar-refractivity contribution in [3.05, 3.63) is 53.1 Å². The number of hydrogen-bond donors (Lipinski definition) is 1. The van der Waals surface area contributed by atoms with Crippen LogP contribution in [0, 0.1) is 6.92 Å². The SMILES string of the molecule is Cc1ccc2nc(NC(=O)[C@H](C)Oc3ccccc3Cl)sc2c1. The molecule has 0 bridgehead atoms. The third kappa shape index (κ3) is 3.63. The quantitative estimate of drug-likeness (QED) is 0.747. The van der Waals surface area contributed by atoms with E-state index in [4.69, 9.17) is 16.3 Å². The fraction of sp³-hybridized carbons (Fsp3) is 0.176. The number of aromatic nitrogens is 1. The number of carbonyl (C=O) groups is 1. The molecule has 0 spiro atoms. The molecule has 2 aromatic carbocycles. The van der Waals surface area contributed by atoms with Crippen molar-refractivity contribution >= 4 is 44.2 Å². The molecule has 0 aliphatic heterocycles. The Morgan fingerprint density at radius 1 is 1.30 bits per heavy atom. The summed E-state index contributed by atoms with van der Waals surface area (Å²) < 4.78 is 6.65. The molecule has 1 heterocycles. The van der Waals surface area contributed by atoms with E-state index in [1.54, 1.807) is 19.1 Å². The number of aryl methyl sites for hydroxylation is 1. The number of ether oxygens (including phenoxy) is 1. The van der Waals surface area contributed by atoms with Crippen LogP contribution in [0.3, 0.4) is 0 Å². The van der Waals surface area contributed by atoms with Gasteiger partial charge in [-0.05, 0) is 43.7 Å². The minimum atomic E-state index is -0.677. The van der Waals surface area contributed by atoms with E-state index in [0.717, 1.165) is 15.8 Å². The molecule has 3 rings (SSSR count). The molecular formula is C17H15ClN2O2S. The highest BCUT2D eigenvalue weighted by atomic mass is 35.5. The molecular weight excluding hydrogens is 332 g/mol. The van der Waals surface area contributed by atoms with Gasteiger partial charge in [0.25, 0.3) is 5.91 Å². The second-order valence-corrected chi connectivity index (χ2v) is 6.61. The van der Waals surface area contributed by atoms with Crippen LogP contribution in [0.1, 0.15) is 12.5 Å². The van der Waals surface area contributed by atoms with E-state index < -0.39 is 6.10 Å². The summed E-state index contributed by atoms with van der Waals surface area (Å²) >= 11 is 7.48. The molecule has 1 aromatic heterocycles. The summed E-state index contributed by atoms with van der Waals surface area (Å²) in [6.07, 6.45) is -0.677. The summed E-state index contributed by atoms with van der Waals surface area (Å²) in [7, 11) is 0. The molecule has 118 valence electrons. The van der Waals surface area contributed by atoms with Crippen LogP contribution in [0.15, 0.2) is 42.5 Å². The fourth-order valence-corrected chi connectivity index (χ4v) is 3.22. The summed E-state index contributed by atoms with van der Waals surface area (Å²) in [5.74, 6) is 0.220. The number of thiazole rings is 1. The van der Waals surface area contributed by atoms with Gasteiger partial charge in [0.15, 0.2) is 11.2 Å². The number of halogens is 1. The van der Waals surface area contributed by atoms with Gasteiger partial charge in [0, 0.05) is 0 Å². The number of anilines is 1. The van der Waals surface area contributed by atoms with Gasteiger partial charge >= 0.3 is 0 Å². The highest BCUT2D eigenvalue weighted by Crippen LogP contribution is 2.27. The van der Waals surface area contributed by atoms with E-state index in [-0.39, 0.29) is 5.91 Å². The number of benzene rings is 2. The number of hydrogen-bond acceptors (Lipinski definition) is 4. The van der Waals surface area contributed by atoms with Crippen molar-refractivity contribution in [2.45, 2.75) is 20.0 Å². The lowest BCUT2D eigenvalue weighted by molar-refractivity contribution is -0.122. The fourth-order valence-electron chi connectivity index (χ4n) is 2.08. The van der Waals surface area contributed by atoms with Gasteiger partial charge in [0.2, 0.25) is 0 Å². The molecule has 0 aliphatic rings. The van der Waals surface area contributed by atoms with E-state index in [1.165, 1.54) is 11.3 Å². The molecule has 0 saturated carbocycles. The van der Waals surface area contributed by atoms with Gasteiger partial charge in [-0.1, -0.05) is 41.1 Å². The van der Waals surface area contributed by atoms with E-state index in [0.29, 0.717) is 15.9 Å². The Hall–Kier alpha value is -2.11. The average Bonchev–Trinajstić information content (AvgIpc) is 2.90. The largest absolute Gasteiger partial charge is 0.479 e. The maximum Gasteiger partial charge on any atom is 0.266 e. The van der Waals surface area contributed by atoms with Crippen LogP contribution in [0.25, 0.3) is 10.2 Å². The molecule has 0 aliphatic carbocycles. The molecule has 0 unspecified atom stereocenters. The number of amides is 1. The van der Waals surface area contributed by atoms with E-state index in [9.17, 15) is 4.79 Å². The Kier molecular flexibility index (Phi) is 4.50. The second kappa shape index (κ2) is 6.56. The third-order valence-electron chi connectivity index (χ3n) is 3.28. The predicted molar refractivity (Wildman–Crippen MR) is 94.5 cm³/mol. The van der Waals surface area contributed by atoms with Gasteiger partial charge in [-0.3, -0.25) is 10.1 Å². The van der Waals surface area contributed by atoms with E-state index in [2.05, 4.69) is 10.3 Å². The summed E-state index contributed by atoms with van der Waals surface area (Å²) in [6.45, 7) is 3.70. The topological polar surface area (TPSA) is 51.2 Å². The zero-order valence-electron chi connectivity index (χ0n) is 12.7. The van der Waals surface area contributed by atoms with Gasteiger partial charge in [0.05, 0.1) is 15.2 Å². The average molecular weight is 347 g/mol. The van der Waals surface area contributed by atoms with Crippen molar-refractivity contribution < 1.29 is 9.53 Å². The van der Waals surface area contributed by atoms with Gasteiger partial charge in [-0.25, -0.2) is 4.98 Å². The van der Waals surface area contributed by atoms with Crippen LogP contribution in [0.4, 0.5) is 5.13 Å². The number of para-hydroxylation sites is 1. The van der Waals surface area contributed by atoms with Crippen molar-refractivity contribution in [3.8, 4) is 5.75 Å². The lowest BCUT2D eigenvalue weighted by atomic mass is 10.2. The molecule has 0 saturated heterocycles. The zero-order valence-corrected chi connectivity index (χ0v) is 14.2. The lowest BCUT2D eigenvalue weighted by Gasteiger charge is -2.14. The minimum absolute atomic E-state index is 0.263. The van der Waals surface area contributed by atoms with Crippen molar-refractivity contribution in [3.63, 3.8) is 0 Å². The molecule has 6 heteroatoms. The first kappa shape index (κ1) is 15.8. The molecule has 23 heavy (non-hydrogen) atoms. The molecule has 4 nitrogen and oxygen atoms in total. The normalized spacial score (nSPS) is 12.1. The van der Waals surface area contributed by atoms with Gasteiger partial charge in [-0.15, -0.1) is 0 Å². The van der Waals surface area contributed by atoms with Crippen molar-refractivity contribution in [1.29, 1.82) is 0 Å². The molecule has 0 fully saturated rings. The Morgan fingerprint density at radius 2 is 2.09 bits per heavy atom. The van der Waals surface area contributed by atoms with E-state index >= 15 is 0 Å². The summed E-state index contributed by atoms with van der Waals surface area (Å²) in [6, 6.07) is 13.1. The van der Waals surface area contributed by atoms with Crippen molar-refractivity contribution in [1.82, 2.24) is 4.98 Å². The number of fused-ring (bicyclic) bond motifs is 1. The maximum atomic E-state index is 12.3. The first-order valence-electron chi connectivity index (χ1n) is 7.12. The molecule has 3 aromatic rings. The zero-order chi connectivity index (χ0) is 16.4. The van der Waals surface area contributed by atoms with Gasteiger partial charge < -0.3 is 4.74 Å². The highest BCUT2D eigenvalue weighted by molar-refractivity contribution is 7.22. The Morgan fingerprint density at radius 3 is 2.87 bits per heavy atom. The first-order chi connectivity index (χ1) is 11.0. The van der Waals surface area contributed by atoms with Crippen LogP contribution < -0.4 is 10.1 Å². The van der Waals surface area contributed by atoms with Crippen LogP contribution in [-0.4, -0.2) is 17.0 Å². The molecule has 1 N–H and O–H groups in total. The Labute approximate surface area is 143 Å². The first-order valence-corrected chi connectivity index (χ1v) is 8.31. The van der Waals surface area contributed by atoms with E-state index in [1.807, 2.05) is 37.3 Å². The summed E-state index contributed by atoms with van der Waals surface area (Å²) in [4.78, 5) is 16.7. The monoisotopic (exact) mass is 346 g/mol. The van der Waals surface area contributed by atoms with Crippen LogP contribution in [0.5, 0.6) is 5.75 Å². The number of nitrogens with zero attached hydrogens (tertiary/aromatic N) is 1. The Bertz CT molecular complexity index is 863. The lowest BCUT2D eigenvalue weighted by Crippen LogP contribution is -2.30. The predicted octanol–water partition coefficient (Wildman–Crippen LogP) is 4.66. The number of rotatable bonds is 4. The van der Waals surface area contributed by atoms with Crippen LogP contribution in [0.2, 0.25) is 5.02 Å². The molecule has 1 atom stereocenters. The van der Waals surface area contributed by atoms with Crippen molar-refractivity contribution in [2.75, 3.05) is 5.32 Å².